The van der Waals surface area contributed by atoms with Crippen LogP contribution in [0.3, 0.4) is 0 Å². The summed E-state index contributed by atoms with van der Waals surface area (Å²) in [6.45, 7) is -0.534. The zero-order chi connectivity index (χ0) is 26.7. The van der Waals surface area contributed by atoms with Gasteiger partial charge in [-0.2, -0.15) is 0 Å². The number of benzene rings is 2. The number of hydrogen-bond donors (Lipinski definition) is 2. The maximum atomic E-state index is 13.8. The van der Waals surface area contributed by atoms with Crippen LogP contribution in [0.5, 0.6) is 0 Å². The maximum Gasteiger partial charge on any atom is 0.433 e. The summed E-state index contributed by atoms with van der Waals surface area (Å²) >= 11 is 0.883. The number of urea groups is 1. The fourth-order valence-electron chi connectivity index (χ4n) is 4.54. The van der Waals surface area contributed by atoms with Crippen molar-refractivity contribution in [3.05, 3.63) is 94.5 Å². The van der Waals surface area contributed by atoms with Crippen molar-refractivity contribution in [2.75, 3.05) is 18.7 Å². The molecular weight excluding hydrogens is 512 g/mol. The van der Waals surface area contributed by atoms with Gasteiger partial charge in [-0.25, -0.2) is 14.6 Å². The van der Waals surface area contributed by atoms with Crippen molar-refractivity contribution >= 4 is 40.3 Å². The number of carbonyl (C=O) groups excluding carboxylic acids is 4. The molecule has 3 aromatic rings. The first kappa shape index (κ1) is 25.1. The summed E-state index contributed by atoms with van der Waals surface area (Å²) in [7, 11) is 0. The monoisotopic (exact) mass is 534 g/mol. The zero-order valence-corrected chi connectivity index (χ0v) is 20.7. The van der Waals surface area contributed by atoms with Crippen LogP contribution in [0.25, 0.3) is 0 Å². The standard InChI is InChI=1S/C26H22N4O7S/c31-21-13-27-26(35)30(21,23-20(36-15-37-23)12-17-9-5-2-6-10-17)19(11-16-7-3-1-4-8-16)22(32)29-25-28-18(14-38-25)24(33)34/h1-10,14,19H,11-13,15H2,(H2-,27,28,29,32,33,34,35)/t19-,30?/m0/s1. The molecule has 1 saturated heterocycles. The number of rotatable bonds is 9. The van der Waals surface area contributed by atoms with Crippen LogP contribution in [-0.4, -0.2) is 52.7 Å². The second kappa shape index (κ2) is 10.4. The lowest BCUT2D eigenvalue weighted by atomic mass is 10.0. The van der Waals surface area contributed by atoms with Crippen LogP contribution in [0.2, 0.25) is 0 Å². The van der Waals surface area contributed by atoms with Crippen molar-refractivity contribution in [1.82, 2.24) is 10.3 Å². The molecule has 194 valence electrons. The Kier molecular flexibility index (Phi) is 6.90. The van der Waals surface area contributed by atoms with Gasteiger partial charge in [-0.3, -0.25) is 15.4 Å². The summed E-state index contributed by atoms with van der Waals surface area (Å²) < 4.78 is 10.4. The first-order valence-corrected chi connectivity index (χ1v) is 12.5. The van der Waals surface area contributed by atoms with Crippen molar-refractivity contribution in [2.24, 2.45) is 0 Å². The number of imide groups is 1. The van der Waals surface area contributed by atoms with Crippen LogP contribution < -0.4 is 15.7 Å². The summed E-state index contributed by atoms with van der Waals surface area (Å²) in [6, 6.07) is 16.2. The molecule has 2 atom stereocenters. The lowest BCUT2D eigenvalue weighted by Crippen LogP contribution is -2.64. The Morgan fingerprint density at radius 3 is 2.34 bits per heavy atom. The number of aromatic carboxylic acids is 1. The number of quaternary nitrogens is 1. The molecule has 1 unspecified atom stereocenters. The quantitative estimate of drug-likeness (QED) is 0.310. The number of carboxylic acids is 1. The Bertz CT molecular complexity index is 1410. The molecule has 1 fully saturated rings. The molecule has 0 aliphatic carbocycles. The highest BCUT2D eigenvalue weighted by atomic mass is 32.1. The minimum Gasteiger partial charge on any atom is -0.543 e. The minimum atomic E-state index is -1.49. The van der Waals surface area contributed by atoms with Gasteiger partial charge >= 0.3 is 17.8 Å². The smallest absolute Gasteiger partial charge is 0.433 e. The SMILES string of the molecule is O=C([O-])c1csc(NC(=O)[C@H](Cc2ccccc2)[N+]2(C3=C(Cc4ccccc4)OCO3)C(=O)CNC2=O)n1. The van der Waals surface area contributed by atoms with Gasteiger partial charge in [0.1, 0.15) is 6.54 Å². The molecule has 0 spiro atoms. The van der Waals surface area contributed by atoms with Crippen LogP contribution in [0.4, 0.5) is 9.93 Å². The Balaban J connectivity index is 1.61. The van der Waals surface area contributed by atoms with E-state index in [9.17, 15) is 24.3 Å². The highest BCUT2D eigenvalue weighted by Gasteiger charge is 2.64. The van der Waals surface area contributed by atoms with E-state index in [1.807, 2.05) is 36.4 Å². The predicted molar refractivity (Wildman–Crippen MR) is 132 cm³/mol. The molecule has 38 heavy (non-hydrogen) atoms. The predicted octanol–water partition coefficient (Wildman–Crippen LogP) is 1.54. The molecule has 2 aromatic carbocycles. The number of carbonyl (C=O) groups is 4. The number of hydrogen-bond acceptors (Lipinski definition) is 9. The number of nitrogens with zero attached hydrogens (tertiary/aromatic N) is 2. The van der Waals surface area contributed by atoms with Crippen molar-refractivity contribution < 1.29 is 38.2 Å². The molecular formula is C26H22N4O7S. The first-order chi connectivity index (χ1) is 18.4. The Hall–Kier alpha value is -4.55. The van der Waals surface area contributed by atoms with Crippen LogP contribution in [0, 0.1) is 0 Å². The van der Waals surface area contributed by atoms with E-state index in [1.165, 1.54) is 5.38 Å². The number of ether oxygens (including phenoxy) is 2. The molecule has 2 N–H and O–H groups in total. The summed E-state index contributed by atoms with van der Waals surface area (Å²) in [6.07, 6.45) is 0.216. The molecule has 0 radical (unpaired) electrons. The number of aromatic nitrogens is 1. The lowest BCUT2D eigenvalue weighted by Gasteiger charge is -2.33. The van der Waals surface area contributed by atoms with E-state index >= 15 is 0 Å². The van der Waals surface area contributed by atoms with E-state index < -0.39 is 34.3 Å². The lowest BCUT2D eigenvalue weighted by molar-refractivity contribution is -0.763. The van der Waals surface area contributed by atoms with Crippen LogP contribution in [0.1, 0.15) is 21.6 Å². The molecule has 0 saturated carbocycles. The van der Waals surface area contributed by atoms with Crippen molar-refractivity contribution in [1.29, 1.82) is 0 Å². The van der Waals surface area contributed by atoms with Crippen molar-refractivity contribution in [3.8, 4) is 0 Å². The third-order valence-electron chi connectivity index (χ3n) is 6.29. The Morgan fingerprint density at radius 1 is 1.05 bits per heavy atom. The molecule has 3 heterocycles. The molecule has 2 aliphatic rings. The fourth-order valence-corrected chi connectivity index (χ4v) is 5.22. The summed E-state index contributed by atoms with van der Waals surface area (Å²) in [5.74, 6) is -2.60. The normalized spacial score (nSPS) is 19.5. The molecule has 11 nitrogen and oxygen atoms in total. The van der Waals surface area contributed by atoms with Gasteiger partial charge in [0, 0.05) is 18.2 Å². The third-order valence-corrected chi connectivity index (χ3v) is 7.04. The summed E-state index contributed by atoms with van der Waals surface area (Å²) in [4.78, 5) is 56.0. The summed E-state index contributed by atoms with van der Waals surface area (Å²) in [5.41, 5.74) is 1.21. The number of carboxylic acid groups (broad SMARTS) is 1. The van der Waals surface area contributed by atoms with Crippen molar-refractivity contribution in [3.63, 3.8) is 0 Å². The van der Waals surface area contributed by atoms with Gasteiger partial charge in [-0.05, 0) is 11.1 Å². The molecule has 2 aliphatic heterocycles. The van der Waals surface area contributed by atoms with Gasteiger partial charge in [-0.15, -0.1) is 11.3 Å². The van der Waals surface area contributed by atoms with Gasteiger partial charge in [0.05, 0.1) is 11.7 Å². The average molecular weight is 535 g/mol. The topological polar surface area (TPSA) is 147 Å². The van der Waals surface area contributed by atoms with Gasteiger partial charge in [0.2, 0.25) is 12.6 Å². The summed E-state index contributed by atoms with van der Waals surface area (Å²) in [5, 5.41) is 17.5. The van der Waals surface area contributed by atoms with E-state index in [1.54, 1.807) is 24.3 Å². The van der Waals surface area contributed by atoms with E-state index in [4.69, 9.17) is 9.47 Å². The highest BCUT2D eigenvalue weighted by Crippen LogP contribution is 2.37. The minimum absolute atomic E-state index is 0.0143. The molecule has 1 aromatic heterocycles. The molecule has 5 rings (SSSR count). The third kappa shape index (κ3) is 4.62. The number of nitrogens with one attached hydrogen (secondary N) is 2. The number of thiazole rings is 1. The van der Waals surface area contributed by atoms with E-state index in [-0.39, 0.29) is 48.6 Å². The van der Waals surface area contributed by atoms with Crippen molar-refractivity contribution in [2.45, 2.75) is 18.9 Å². The molecule has 0 bridgehead atoms. The van der Waals surface area contributed by atoms with Crippen LogP contribution in [-0.2, 0) is 31.9 Å². The van der Waals surface area contributed by atoms with Crippen LogP contribution in [0.15, 0.2) is 77.7 Å². The largest absolute Gasteiger partial charge is 0.543 e. The molecule has 4 amide bonds. The van der Waals surface area contributed by atoms with Crippen LogP contribution >= 0.6 is 11.3 Å². The second-order valence-corrected chi connectivity index (χ2v) is 9.45. The van der Waals surface area contributed by atoms with E-state index in [0.717, 1.165) is 16.9 Å². The first-order valence-electron chi connectivity index (χ1n) is 11.6. The highest BCUT2D eigenvalue weighted by molar-refractivity contribution is 7.14. The Labute approximate surface area is 220 Å². The molecule has 12 heteroatoms. The Morgan fingerprint density at radius 2 is 1.74 bits per heavy atom. The van der Waals surface area contributed by atoms with Gasteiger partial charge in [0.25, 0.3) is 5.91 Å². The number of allylic oxidation sites excluding steroid dienone is 1. The van der Waals surface area contributed by atoms with Gasteiger partial charge < -0.3 is 19.4 Å². The number of amides is 4. The fraction of sp³-hybridized carbons (Fsp3) is 0.192. The second-order valence-electron chi connectivity index (χ2n) is 8.59. The van der Waals surface area contributed by atoms with E-state index in [0.29, 0.717) is 5.56 Å². The average Bonchev–Trinajstić information content (AvgIpc) is 3.64. The van der Waals surface area contributed by atoms with Gasteiger partial charge in [0.15, 0.2) is 11.2 Å². The zero-order valence-electron chi connectivity index (χ0n) is 19.9. The van der Waals surface area contributed by atoms with Gasteiger partial charge in [-0.1, -0.05) is 65.1 Å². The number of anilines is 1. The maximum absolute atomic E-state index is 13.8. The van der Waals surface area contributed by atoms with E-state index in [2.05, 4.69) is 15.6 Å².